The van der Waals surface area contributed by atoms with E-state index < -0.39 is 0 Å². The summed E-state index contributed by atoms with van der Waals surface area (Å²) in [4.78, 5) is 16.1. The summed E-state index contributed by atoms with van der Waals surface area (Å²) in [5.41, 5.74) is 7.82. The lowest BCUT2D eigenvalue weighted by Crippen LogP contribution is -2.19. The molecule has 0 unspecified atom stereocenters. The van der Waals surface area contributed by atoms with E-state index in [1.807, 2.05) is 12.1 Å². The molecule has 7 heteroatoms. The van der Waals surface area contributed by atoms with Gasteiger partial charge in [-0.2, -0.15) is 0 Å². The van der Waals surface area contributed by atoms with Crippen molar-refractivity contribution < 1.29 is 4.79 Å². The van der Waals surface area contributed by atoms with Crippen molar-refractivity contribution in [2.75, 3.05) is 16.4 Å². The minimum atomic E-state index is -0.325. The largest absolute Gasteiger partial charge is 0.375 e. The number of rotatable bonds is 2. The number of carbonyl (C=O) groups excluding carboxylic acids is 1. The summed E-state index contributed by atoms with van der Waals surface area (Å²) in [7, 11) is 0. The van der Waals surface area contributed by atoms with E-state index in [1.165, 1.54) is 11.3 Å². The molecule has 0 fully saturated rings. The lowest BCUT2D eigenvalue weighted by atomic mass is 10.3. The number of fused-ring (bicyclic) bond motifs is 1. The number of thiazole rings is 1. The van der Waals surface area contributed by atoms with Crippen LogP contribution in [-0.4, -0.2) is 11.0 Å². The van der Waals surface area contributed by atoms with Crippen LogP contribution in [0.4, 0.5) is 21.3 Å². The smallest absolute Gasteiger partial charge is 0.323 e. The number of urea groups is 1. The van der Waals surface area contributed by atoms with Crippen LogP contribution in [0.3, 0.4) is 0 Å². The summed E-state index contributed by atoms with van der Waals surface area (Å²) >= 11 is 7.17. The zero-order valence-corrected chi connectivity index (χ0v) is 12.3. The molecule has 0 spiro atoms. The van der Waals surface area contributed by atoms with E-state index in [-0.39, 0.29) is 6.03 Å². The van der Waals surface area contributed by atoms with Crippen LogP contribution in [0.2, 0.25) is 5.02 Å². The van der Waals surface area contributed by atoms with Gasteiger partial charge in [0.05, 0.1) is 10.2 Å². The third kappa shape index (κ3) is 3.24. The number of anilines is 3. The van der Waals surface area contributed by atoms with Crippen molar-refractivity contribution in [3.63, 3.8) is 0 Å². The highest BCUT2D eigenvalue weighted by molar-refractivity contribution is 7.22. The molecule has 1 heterocycles. The Morgan fingerprint density at radius 2 is 1.76 bits per heavy atom. The van der Waals surface area contributed by atoms with Crippen molar-refractivity contribution in [2.45, 2.75) is 0 Å². The van der Waals surface area contributed by atoms with Crippen LogP contribution in [0.5, 0.6) is 0 Å². The van der Waals surface area contributed by atoms with Crippen molar-refractivity contribution >= 4 is 55.7 Å². The van der Waals surface area contributed by atoms with E-state index in [1.54, 1.807) is 30.3 Å². The van der Waals surface area contributed by atoms with Gasteiger partial charge in [0.15, 0.2) is 5.13 Å². The van der Waals surface area contributed by atoms with Crippen LogP contribution in [0, 0.1) is 0 Å². The minimum absolute atomic E-state index is 0.325. The second-order valence-electron chi connectivity index (χ2n) is 4.32. The number of nitrogen functional groups attached to an aromatic ring is 1. The molecule has 106 valence electrons. The molecule has 0 radical (unpaired) electrons. The number of hydrogen-bond donors (Lipinski definition) is 3. The first-order valence-corrected chi connectivity index (χ1v) is 7.29. The minimum Gasteiger partial charge on any atom is -0.375 e. The lowest BCUT2D eigenvalue weighted by Gasteiger charge is -2.07. The maximum atomic E-state index is 11.9. The van der Waals surface area contributed by atoms with Gasteiger partial charge in [0.1, 0.15) is 0 Å². The first-order chi connectivity index (χ1) is 10.1. The summed E-state index contributed by atoms with van der Waals surface area (Å²) in [6.07, 6.45) is 0. The Morgan fingerprint density at radius 3 is 2.52 bits per heavy atom. The zero-order valence-electron chi connectivity index (χ0n) is 10.8. The van der Waals surface area contributed by atoms with Gasteiger partial charge in [-0.15, -0.1) is 0 Å². The molecule has 2 amide bonds. The van der Waals surface area contributed by atoms with E-state index in [9.17, 15) is 4.79 Å². The molecule has 0 aliphatic carbocycles. The fourth-order valence-electron chi connectivity index (χ4n) is 1.85. The molecule has 0 saturated heterocycles. The topological polar surface area (TPSA) is 80.0 Å². The van der Waals surface area contributed by atoms with Gasteiger partial charge >= 0.3 is 6.03 Å². The average Bonchev–Trinajstić information content (AvgIpc) is 2.80. The van der Waals surface area contributed by atoms with E-state index in [4.69, 9.17) is 17.3 Å². The normalized spacial score (nSPS) is 10.5. The average molecular weight is 319 g/mol. The molecule has 5 nitrogen and oxygen atoms in total. The number of amides is 2. The van der Waals surface area contributed by atoms with Crippen LogP contribution in [-0.2, 0) is 0 Å². The second kappa shape index (κ2) is 5.59. The molecule has 4 N–H and O–H groups in total. The molecule has 0 aliphatic heterocycles. The van der Waals surface area contributed by atoms with Gasteiger partial charge < -0.3 is 16.4 Å². The predicted molar refractivity (Wildman–Crippen MR) is 88.1 cm³/mol. The van der Waals surface area contributed by atoms with Crippen LogP contribution < -0.4 is 16.4 Å². The van der Waals surface area contributed by atoms with E-state index in [2.05, 4.69) is 15.6 Å². The number of nitrogens with two attached hydrogens (primary N) is 1. The highest BCUT2D eigenvalue weighted by Crippen LogP contribution is 2.26. The Bertz CT molecular complexity index is 800. The van der Waals surface area contributed by atoms with Gasteiger partial charge in [-0.1, -0.05) is 22.9 Å². The van der Waals surface area contributed by atoms with Crippen LogP contribution in [0.1, 0.15) is 0 Å². The summed E-state index contributed by atoms with van der Waals surface area (Å²) < 4.78 is 0.928. The summed E-state index contributed by atoms with van der Waals surface area (Å²) in [5.74, 6) is 0. The number of halogens is 1. The fraction of sp³-hybridized carbons (Fsp3) is 0. The van der Waals surface area contributed by atoms with Gasteiger partial charge in [0.2, 0.25) is 0 Å². The van der Waals surface area contributed by atoms with Crippen molar-refractivity contribution in [2.24, 2.45) is 0 Å². The van der Waals surface area contributed by atoms with E-state index in [0.29, 0.717) is 21.5 Å². The second-order valence-corrected chi connectivity index (χ2v) is 5.82. The third-order valence-electron chi connectivity index (χ3n) is 2.76. The first kappa shape index (κ1) is 13.7. The predicted octanol–water partition coefficient (Wildman–Crippen LogP) is 4.18. The van der Waals surface area contributed by atoms with E-state index in [0.717, 1.165) is 10.2 Å². The van der Waals surface area contributed by atoms with Crippen molar-refractivity contribution in [1.29, 1.82) is 0 Å². The molecule has 0 atom stereocenters. The molecule has 2 aromatic carbocycles. The van der Waals surface area contributed by atoms with Crippen LogP contribution in [0.15, 0.2) is 42.5 Å². The molecule has 3 aromatic rings. The standard InChI is InChI=1S/C14H11ClN4OS/c15-8-1-3-9(4-2-8)17-14(20)18-10-5-6-11-12(7-10)21-13(16)19-11/h1-7H,(H2,16,19)(H2,17,18,20). The molecule has 3 rings (SSSR count). The fourth-order valence-corrected chi connectivity index (χ4v) is 2.75. The number of nitrogens with one attached hydrogen (secondary N) is 2. The Labute approximate surface area is 129 Å². The van der Waals surface area contributed by atoms with Crippen LogP contribution in [0.25, 0.3) is 10.2 Å². The molecular weight excluding hydrogens is 308 g/mol. The Hall–Kier alpha value is -2.31. The zero-order chi connectivity index (χ0) is 14.8. The molecule has 0 saturated carbocycles. The SMILES string of the molecule is Nc1nc2ccc(NC(=O)Nc3ccc(Cl)cc3)cc2s1. The Balaban J connectivity index is 1.71. The molecule has 1 aromatic heterocycles. The third-order valence-corrected chi connectivity index (χ3v) is 3.86. The van der Waals surface area contributed by atoms with Crippen LogP contribution >= 0.6 is 22.9 Å². The number of aromatic nitrogens is 1. The highest BCUT2D eigenvalue weighted by atomic mass is 35.5. The van der Waals surface area contributed by atoms with Crippen molar-refractivity contribution in [3.8, 4) is 0 Å². The summed E-state index contributed by atoms with van der Waals surface area (Å²) in [6, 6.07) is 12.0. The van der Waals surface area contributed by atoms with Gasteiger partial charge in [0, 0.05) is 16.4 Å². The van der Waals surface area contributed by atoms with Crippen molar-refractivity contribution in [3.05, 3.63) is 47.5 Å². The Morgan fingerprint density at radius 1 is 1.10 bits per heavy atom. The van der Waals surface area contributed by atoms with Gasteiger partial charge in [-0.25, -0.2) is 9.78 Å². The Kier molecular flexibility index (Phi) is 3.64. The monoisotopic (exact) mass is 318 g/mol. The van der Waals surface area contributed by atoms with Gasteiger partial charge in [0.25, 0.3) is 0 Å². The maximum absolute atomic E-state index is 11.9. The highest BCUT2D eigenvalue weighted by Gasteiger charge is 2.06. The number of carbonyl (C=O) groups is 1. The van der Waals surface area contributed by atoms with Gasteiger partial charge in [-0.05, 0) is 42.5 Å². The maximum Gasteiger partial charge on any atom is 0.323 e. The van der Waals surface area contributed by atoms with Crippen molar-refractivity contribution in [1.82, 2.24) is 4.98 Å². The van der Waals surface area contributed by atoms with Gasteiger partial charge in [-0.3, -0.25) is 0 Å². The number of benzene rings is 2. The van der Waals surface area contributed by atoms with E-state index >= 15 is 0 Å². The first-order valence-electron chi connectivity index (χ1n) is 6.10. The summed E-state index contributed by atoms with van der Waals surface area (Å²) in [6.45, 7) is 0. The quantitative estimate of drug-likeness (QED) is 0.663. The molecule has 21 heavy (non-hydrogen) atoms. The molecule has 0 aliphatic rings. The summed E-state index contributed by atoms with van der Waals surface area (Å²) in [5, 5.41) is 6.61. The molecule has 0 bridgehead atoms. The number of nitrogens with zero attached hydrogens (tertiary/aromatic N) is 1. The lowest BCUT2D eigenvalue weighted by molar-refractivity contribution is 0.262. The molecular formula is C14H11ClN4OS. The number of hydrogen-bond acceptors (Lipinski definition) is 4.